The van der Waals surface area contributed by atoms with E-state index in [1.165, 1.54) is 6.39 Å². The molecule has 84 valence electrons. The van der Waals surface area contributed by atoms with Crippen molar-refractivity contribution < 1.29 is 9.21 Å². The summed E-state index contributed by atoms with van der Waals surface area (Å²) in [5, 5.41) is 2.81. The molecule has 0 fully saturated rings. The number of nitrogens with one attached hydrogen (secondary N) is 1. The van der Waals surface area contributed by atoms with Gasteiger partial charge in [0.05, 0.1) is 12.2 Å². The molecule has 1 heterocycles. The summed E-state index contributed by atoms with van der Waals surface area (Å²) in [4.78, 5) is 15.4. The van der Waals surface area contributed by atoms with Crippen LogP contribution in [0.1, 0.15) is 38.6 Å². The lowest BCUT2D eigenvalue weighted by Gasteiger charge is -2.16. The summed E-state index contributed by atoms with van der Waals surface area (Å²) in [6.07, 6.45) is 1.90. The lowest BCUT2D eigenvalue weighted by Crippen LogP contribution is -2.27. The molecule has 0 spiro atoms. The van der Waals surface area contributed by atoms with E-state index < -0.39 is 0 Å². The first-order valence-electron chi connectivity index (χ1n) is 5.04. The summed E-state index contributed by atoms with van der Waals surface area (Å²) < 4.78 is 5.12. The Bertz CT molecular complexity index is 337. The van der Waals surface area contributed by atoms with Gasteiger partial charge in [-0.25, -0.2) is 4.98 Å². The number of amides is 1. The summed E-state index contributed by atoms with van der Waals surface area (Å²) in [5.74, 6) is 0.760. The molecule has 0 saturated carbocycles. The first-order valence-corrected chi connectivity index (χ1v) is 5.04. The van der Waals surface area contributed by atoms with Crippen LogP contribution in [0.3, 0.4) is 0 Å². The SMILES string of the molecule is Cc1ncoc1CNC(=O)CC(C)(C)C. The van der Waals surface area contributed by atoms with Gasteiger partial charge < -0.3 is 9.73 Å². The van der Waals surface area contributed by atoms with Gasteiger partial charge in [0.2, 0.25) is 5.91 Å². The maximum absolute atomic E-state index is 11.5. The molecule has 1 aromatic rings. The molecule has 0 atom stereocenters. The Kier molecular flexibility index (Phi) is 3.50. The number of carbonyl (C=O) groups is 1. The third-order valence-electron chi connectivity index (χ3n) is 1.98. The predicted molar refractivity (Wildman–Crippen MR) is 57.2 cm³/mol. The quantitative estimate of drug-likeness (QED) is 0.830. The summed E-state index contributed by atoms with van der Waals surface area (Å²) in [6.45, 7) is 8.38. The van der Waals surface area contributed by atoms with Crippen molar-refractivity contribution >= 4 is 5.91 Å². The number of aryl methyl sites for hydroxylation is 1. The van der Waals surface area contributed by atoms with E-state index in [-0.39, 0.29) is 11.3 Å². The average Bonchev–Trinajstić information content (AvgIpc) is 2.44. The molecule has 0 aromatic carbocycles. The molecule has 0 radical (unpaired) electrons. The van der Waals surface area contributed by atoms with Crippen molar-refractivity contribution in [3.8, 4) is 0 Å². The van der Waals surface area contributed by atoms with Crippen LogP contribution in [-0.2, 0) is 11.3 Å². The molecule has 0 saturated heterocycles. The number of carbonyl (C=O) groups excluding carboxylic acids is 1. The van der Waals surface area contributed by atoms with Crippen molar-refractivity contribution in [1.29, 1.82) is 0 Å². The summed E-state index contributed by atoms with van der Waals surface area (Å²) >= 11 is 0. The van der Waals surface area contributed by atoms with E-state index in [0.717, 1.165) is 11.5 Å². The topological polar surface area (TPSA) is 55.1 Å². The van der Waals surface area contributed by atoms with E-state index in [9.17, 15) is 4.79 Å². The first kappa shape index (κ1) is 11.8. The van der Waals surface area contributed by atoms with E-state index in [2.05, 4.69) is 10.3 Å². The number of hydrogen-bond acceptors (Lipinski definition) is 3. The molecule has 0 aliphatic rings. The molecule has 0 aliphatic carbocycles. The Morgan fingerprint density at radius 2 is 2.20 bits per heavy atom. The monoisotopic (exact) mass is 210 g/mol. The van der Waals surface area contributed by atoms with Crippen molar-refractivity contribution in [2.45, 2.75) is 40.7 Å². The number of hydrogen-bond donors (Lipinski definition) is 1. The van der Waals surface area contributed by atoms with Crippen LogP contribution in [0.4, 0.5) is 0 Å². The van der Waals surface area contributed by atoms with E-state index in [0.29, 0.717) is 13.0 Å². The molecule has 1 rings (SSSR count). The smallest absolute Gasteiger partial charge is 0.220 e. The average molecular weight is 210 g/mol. The van der Waals surface area contributed by atoms with Crippen LogP contribution in [0.25, 0.3) is 0 Å². The lowest BCUT2D eigenvalue weighted by molar-refractivity contribution is -0.123. The number of aromatic nitrogens is 1. The van der Waals surface area contributed by atoms with Gasteiger partial charge in [-0.05, 0) is 12.3 Å². The van der Waals surface area contributed by atoms with Crippen LogP contribution in [0.5, 0.6) is 0 Å². The molecular formula is C11H18N2O2. The Hall–Kier alpha value is -1.32. The summed E-state index contributed by atoms with van der Waals surface area (Å²) in [5.41, 5.74) is 0.839. The standard InChI is InChI=1S/C11H18N2O2/c1-8-9(15-7-13-8)6-12-10(14)5-11(2,3)4/h7H,5-6H2,1-4H3,(H,12,14). The van der Waals surface area contributed by atoms with Gasteiger partial charge in [0.15, 0.2) is 6.39 Å². The van der Waals surface area contributed by atoms with Gasteiger partial charge in [-0.3, -0.25) is 4.79 Å². The van der Waals surface area contributed by atoms with E-state index in [1.54, 1.807) is 0 Å². The Labute approximate surface area is 90.1 Å². The van der Waals surface area contributed by atoms with Gasteiger partial charge in [-0.15, -0.1) is 0 Å². The molecule has 4 nitrogen and oxygen atoms in total. The van der Waals surface area contributed by atoms with Gasteiger partial charge >= 0.3 is 0 Å². The van der Waals surface area contributed by atoms with Crippen LogP contribution < -0.4 is 5.32 Å². The predicted octanol–water partition coefficient (Wildman–Crippen LogP) is 2.04. The maximum Gasteiger partial charge on any atom is 0.220 e. The molecule has 0 bridgehead atoms. The zero-order chi connectivity index (χ0) is 11.5. The fourth-order valence-electron chi connectivity index (χ4n) is 1.22. The van der Waals surface area contributed by atoms with Crippen molar-refractivity contribution in [1.82, 2.24) is 10.3 Å². The van der Waals surface area contributed by atoms with Crippen LogP contribution in [0.2, 0.25) is 0 Å². The Balaban J connectivity index is 2.38. The molecular weight excluding hydrogens is 192 g/mol. The highest BCUT2D eigenvalue weighted by atomic mass is 16.3. The molecule has 0 aliphatic heterocycles. The van der Waals surface area contributed by atoms with Crippen molar-refractivity contribution in [3.63, 3.8) is 0 Å². The van der Waals surface area contributed by atoms with Gasteiger partial charge in [-0.2, -0.15) is 0 Å². The molecule has 1 N–H and O–H groups in total. The highest BCUT2D eigenvalue weighted by Gasteiger charge is 2.16. The zero-order valence-corrected chi connectivity index (χ0v) is 9.76. The van der Waals surface area contributed by atoms with Crippen molar-refractivity contribution in [2.75, 3.05) is 0 Å². The number of rotatable bonds is 3. The minimum absolute atomic E-state index is 0.0144. The lowest BCUT2D eigenvalue weighted by atomic mass is 9.92. The van der Waals surface area contributed by atoms with Gasteiger partial charge in [-0.1, -0.05) is 20.8 Å². The normalized spacial score (nSPS) is 11.5. The van der Waals surface area contributed by atoms with Gasteiger partial charge in [0.25, 0.3) is 0 Å². The highest BCUT2D eigenvalue weighted by molar-refractivity contribution is 5.76. The second-order valence-corrected chi connectivity index (χ2v) is 4.88. The van der Waals surface area contributed by atoms with Crippen molar-refractivity contribution in [3.05, 3.63) is 17.8 Å². The largest absolute Gasteiger partial charge is 0.446 e. The summed E-state index contributed by atoms with van der Waals surface area (Å²) in [6, 6.07) is 0. The molecule has 4 heteroatoms. The van der Waals surface area contributed by atoms with Gasteiger partial charge in [0.1, 0.15) is 5.76 Å². The fourth-order valence-corrected chi connectivity index (χ4v) is 1.22. The Morgan fingerprint density at radius 1 is 1.53 bits per heavy atom. The van der Waals surface area contributed by atoms with Crippen molar-refractivity contribution in [2.24, 2.45) is 5.41 Å². The van der Waals surface area contributed by atoms with E-state index >= 15 is 0 Å². The van der Waals surface area contributed by atoms with E-state index in [1.807, 2.05) is 27.7 Å². The molecule has 0 unspecified atom stereocenters. The Morgan fingerprint density at radius 3 is 2.67 bits per heavy atom. The third-order valence-corrected chi connectivity index (χ3v) is 1.98. The minimum Gasteiger partial charge on any atom is -0.446 e. The third kappa shape index (κ3) is 4.14. The molecule has 15 heavy (non-hydrogen) atoms. The maximum atomic E-state index is 11.5. The second-order valence-electron chi connectivity index (χ2n) is 4.88. The minimum atomic E-state index is 0.0144. The fraction of sp³-hybridized carbons (Fsp3) is 0.636. The number of oxazole rings is 1. The zero-order valence-electron chi connectivity index (χ0n) is 9.76. The second kappa shape index (κ2) is 4.47. The van der Waals surface area contributed by atoms with Crippen LogP contribution in [0, 0.1) is 12.3 Å². The van der Waals surface area contributed by atoms with Gasteiger partial charge in [0, 0.05) is 6.42 Å². The van der Waals surface area contributed by atoms with E-state index in [4.69, 9.17) is 4.42 Å². The van der Waals surface area contributed by atoms with Crippen LogP contribution in [-0.4, -0.2) is 10.9 Å². The molecule has 1 amide bonds. The number of nitrogens with zero attached hydrogens (tertiary/aromatic N) is 1. The highest BCUT2D eigenvalue weighted by Crippen LogP contribution is 2.17. The van der Waals surface area contributed by atoms with Crippen LogP contribution in [0.15, 0.2) is 10.8 Å². The van der Waals surface area contributed by atoms with Crippen LogP contribution >= 0.6 is 0 Å². The first-order chi connectivity index (χ1) is 6.88. The summed E-state index contributed by atoms with van der Waals surface area (Å²) in [7, 11) is 0. The molecule has 1 aromatic heterocycles.